The van der Waals surface area contributed by atoms with Gasteiger partial charge in [0.05, 0.1) is 6.61 Å². The smallest absolute Gasteiger partial charge is 0.143 e. The second kappa shape index (κ2) is 8.61. The second-order valence-corrected chi connectivity index (χ2v) is 3.84. The molecule has 1 heteroatoms. The Bertz CT molecular complexity index is 370. The van der Waals surface area contributed by atoms with Crippen LogP contribution in [0.3, 0.4) is 0 Å². The lowest BCUT2D eigenvalue weighted by Gasteiger charge is -2.10. The van der Waals surface area contributed by atoms with Crippen molar-refractivity contribution in [2.75, 3.05) is 6.61 Å². The molecule has 0 amide bonds. The van der Waals surface area contributed by atoms with Crippen LogP contribution in [0.25, 0.3) is 0 Å². The van der Waals surface area contributed by atoms with Crippen molar-refractivity contribution in [1.29, 1.82) is 0 Å². The van der Waals surface area contributed by atoms with E-state index in [4.69, 9.17) is 4.74 Å². The maximum absolute atomic E-state index is 5.67. The molecule has 0 saturated heterocycles. The maximum atomic E-state index is 5.67. The van der Waals surface area contributed by atoms with Crippen molar-refractivity contribution in [3.05, 3.63) is 48.6 Å². The molecule has 0 radical (unpaired) electrons. The predicted molar refractivity (Wildman–Crippen MR) is 72.6 cm³/mol. The quantitative estimate of drug-likeness (QED) is 0.404. The number of benzene rings is 1. The Morgan fingerprint density at radius 3 is 2.76 bits per heavy atom. The molecule has 17 heavy (non-hydrogen) atoms. The first-order valence-electron chi connectivity index (χ1n) is 6.14. The third-order valence-electron chi connectivity index (χ3n) is 2.37. The zero-order valence-corrected chi connectivity index (χ0v) is 10.5. The topological polar surface area (TPSA) is 9.23 Å². The van der Waals surface area contributed by atoms with Gasteiger partial charge in [0.25, 0.3) is 0 Å². The first kappa shape index (κ1) is 13.5. The molecule has 1 atom stereocenters. The van der Waals surface area contributed by atoms with Crippen molar-refractivity contribution in [3.8, 4) is 11.8 Å². The lowest BCUT2D eigenvalue weighted by atomic mass is 10.1. The number of rotatable bonds is 6. The van der Waals surface area contributed by atoms with Crippen molar-refractivity contribution < 1.29 is 4.74 Å². The van der Waals surface area contributed by atoms with E-state index in [1.54, 1.807) is 6.08 Å². The second-order valence-electron chi connectivity index (χ2n) is 3.84. The molecule has 90 valence electrons. The van der Waals surface area contributed by atoms with Gasteiger partial charge in [-0.05, 0) is 12.0 Å². The zero-order chi connectivity index (χ0) is 12.3. The average Bonchev–Trinajstić information content (AvgIpc) is 2.39. The van der Waals surface area contributed by atoms with Crippen molar-refractivity contribution in [2.45, 2.75) is 32.3 Å². The van der Waals surface area contributed by atoms with Gasteiger partial charge in [-0.2, -0.15) is 0 Å². The van der Waals surface area contributed by atoms with E-state index >= 15 is 0 Å². The van der Waals surface area contributed by atoms with Gasteiger partial charge in [0.15, 0.2) is 0 Å². The summed E-state index contributed by atoms with van der Waals surface area (Å²) in [6, 6.07) is 10.1. The van der Waals surface area contributed by atoms with Crippen LogP contribution in [0.4, 0.5) is 0 Å². The predicted octanol–water partition coefficient (Wildman–Crippen LogP) is 4.12. The number of hydrogen-bond donors (Lipinski definition) is 0. The number of unbranched alkanes of at least 4 members (excludes halogenated alkanes) is 2. The summed E-state index contributed by atoms with van der Waals surface area (Å²) < 4.78 is 5.67. The van der Waals surface area contributed by atoms with Crippen LogP contribution in [0.2, 0.25) is 0 Å². The van der Waals surface area contributed by atoms with Crippen LogP contribution in [-0.2, 0) is 4.74 Å². The molecule has 0 aliphatic carbocycles. The molecule has 0 aliphatic heterocycles. The van der Waals surface area contributed by atoms with Gasteiger partial charge in [-0.3, -0.25) is 0 Å². The summed E-state index contributed by atoms with van der Waals surface area (Å²) in [5.41, 5.74) is 1.11. The Hall–Kier alpha value is -1.52. The molecule has 0 aliphatic rings. The van der Waals surface area contributed by atoms with Crippen molar-refractivity contribution in [1.82, 2.24) is 0 Å². The van der Waals surface area contributed by atoms with Gasteiger partial charge >= 0.3 is 0 Å². The van der Waals surface area contributed by atoms with E-state index in [9.17, 15) is 0 Å². The summed E-state index contributed by atoms with van der Waals surface area (Å²) in [5, 5.41) is 0. The average molecular weight is 228 g/mol. The third kappa shape index (κ3) is 5.38. The minimum Gasteiger partial charge on any atom is -0.357 e. The van der Waals surface area contributed by atoms with Crippen molar-refractivity contribution in [3.63, 3.8) is 0 Å². The Labute approximate surface area is 105 Å². The molecule has 1 rings (SSSR count). The third-order valence-corrected chi connectivity index (χ3v) is 2.37. The van der Waals surface area contributed by atoms with E-state index in [1.165, 1.54) is 6.42 Å². The minimum atomic E-state index is -0.133. The lowest BCUT2D eigenvalue weighted by molar-refractivity contribution is 0.117. The van der Waals surface area contributed by atoms with Crippen LogP contribution in [0.5, 0.6) is 0 Å². The van der Waals surface area contributed by atoms with Crippen LogP contribution in [0.1, 0.15) is 37.9 Å². The normalized spacial score (nSPS) is 11.4. The highest BCUT2D eigenvalue weighted by molar-refractivity contribution is 5.25. The van der Waals surface area contributed by atoms with E-state index in [2.05, 4.69) is 25.3 Å². The van der Waals surface area contributed by atoms with Crippen molar-refractivity contribution >= 4 is 0 Å². The highest BCUT2D eigenvalue weighted by atomic mass is 16.5. The summed E-state index contributed by atoms with van der Waals surface area (Å²) in [7, 11) is 0. The molecule has 0 saturated carbocycles. The number of hydrogen-bond acceptors (Lipinski definition) is 1. The Balaban J connectivity index is 2.65. The molecule has 0 heterocycles. The summed E-state index contributed by atoms with van der Waals surface area (Å²) in [4.78, 5) is 0. The lowest BCUT2D eigenvalue weighted by Crippen LogP contribution is -2.01. The van der Waals surface area contributed by atoms with Gasteiger partial charge in [0.1, 0.15) is 6.10 Å². The van der Waals surface area contributed by atoms with Crippen LogP contribution >= 0.6 is 0 Å². The van der Waals surface area contributed by atoms with Gasteiger partial charge in [-0.15, -0.1) is 12.5 Å². The van der Waals surface area contributed by atoms with Gasteiger partial charge in [0.2, 0.25) is 0 Å². The van der Waals surface area contributed by atoms with Crippen LogP contribution in [-0.4, -0.2) is 6.61 Å². The SMILES string of the molecule is C=CCOC(C#CCCCC)c1ccccc1. The van der Waals surface area contributed by atoms with Crippen molar-refractivity contribution in [2.24, 2.45) is 0 Å². The molecule has 1 nitrogen and oxygen atoms in total. The summed E-state index contributed by atoms with van der Waals surface area (Å²) in [6.45, 7) is 6.36. The Kier molecular flexibility index (Phi) is 6.86. The molecule has 0 spiro atoms. The molecule has 0 fully saturated rings. The molecule has 0 bridgehead atoms. The summed E-state index contributed by atoms with van der Waals surface area (Å²) >= 11 is 0. The van der Waals surface area contributed by atoms with Gasteiger partial charge < -0.3 is 4.74 Å². The van der Waals surface area contributed by atoms with Gasteiger partial charge in [0, 0.05) is 6.42 Å². The Morgan fingerprint density at radius 1 is 1.35 bits per heavy atom. The number of ether oxygens (including phenoxy) is 1. The van der Waals surface area contributed by atoms with Gasteiger partial charge in [-0.25, -0.2) is 0 Å². The molecule has 0 aromatic heterocycles. The molecule has 1 aromatic carbocycles. The van der Waals surface area contributed by atoms with E-state index < -0.39 is 0 Å². The fraction of sp³-hybridized carbons (Fsp3) is 0.375. The maximum Gasteiger partial charge on any atom is 0.143 e. The summed E-state index contributed by atoms with van der Waals surface area (Å²) in [5.74, 6) is 6.37. The fourth-order valence-corrected chi connectivity index (χ4v) is 1.44. The monoisotopic (exact) mass is 228 g/mol. The van der Waals surface area contributed by atoms with E-state index in [0.29, 0.717) is 6.61 Å². The fourth-order valence-electron chi connectivity index (χ4n) is 1.44. The van der Waals surface area contributed by atoms with Crippen LogP contribution in [0, 0.1) is 11.8 Å². The van der Waals surface area contributed by atoms with E-state index in [0.717, 1.165) is 18.4 Å². The standard InChI is InChI=1S/C16H20O/c1-3-5-6-10-13-16(17-14-4-2)15-11-8-7-9-12-15/h4,7-9,11-12,16H,2-3,5-6,14H2,1H3. The van der Waals surface area contributed by atoms with E-state index in [-0.39, 0.29) is 6.10 Å². The van der Waals surface area contributed by atoms with Gasteiger partial charge in [-0.1, -0.05) is 55.7 Å². The largest absolute Gasteiger partial charge is 0.357 e. The highest BCUT2D eigenvalue weighted by Crippen LogP contribution is 2.16. The highest BCUT2D eigenvalue weighted by Gasteiger charge is 2.06. The summed E-state index contributed by atoms with van der Waals surface area (Å²) in [6.07, 6.45) is 4.89. The Morgan fingerprint density at radius 2 is 2.12 bits per heavy atom. The molecule has 1 unspecified atom stereocenters. The molecular weight excluding hydrogens is 208 g/mol. The van der Waals surface area contributed by atoms with E-state index in [1.807, 2.05) is 30.3 Å². The van der Waals surface area contributed by atoms with Crippen LogP contribution in [0.15, 0.2) is 43.0 Å². The molecule has 0 N–H and O–H groups in total. The minimum absolute atomic E-state index is 0.133. The molecule has 1 aromatic rings. The first-order valence-corrected chi connectivity index (χ1v) is 6.14. The van der Waals surface area contributed by atoms with Crippen LogP contribution < -0.4 is 0 Å². The zero-order valence-electron chi connectivity index (χ0n) is 10.5. The molecular formula is C16H20O. The first-order chi connectivity index (χ1) is 8.38.